The molecule has 1 nitrogen and oxygen atoms in total. The van der Waals surface area contributed by atoms with E-state index in [9.17, 15) is 0 Å². The number of rotatable bonds is 2. The Hall–Kier alpha value is 0.240. The number of hydrogen-bond donors (Lipinski definition) is 1. The molecule has 1 aromatic heterocycles. The van der Waals surface area contributed by atoms with Gasteiger partial charge in [0, 0.05) is 10.8 Å². The quantitative estimate of drug-likeness (QED) is 0.725. The maximum absolute atomic E-state index is 5.62. The van der Waals surface area contributed by atoms with Crippen LogP contribution < -0.4 is 5.73 Å². The summed E-state index contributed by atoms with van der Waals surface area (Å²) in [6.45, 7) is 0. The van der Waals surface area contributed by atoms with Crippen LogP contribution in [-0.2, 0) is 0 Å². The van der Waals surface area contributed by atoms with Crippen molar-refractivity contribution in [3.8, 4) is 0 Å². The lowest BCUT2D eigenvalue weighted by molar-refractivity contribution is 0.847. The second-order valence-electron chi connectivity index (χ2n) is 1.78. The van der Waals surface area contributed by atoms with Crippen molar-refractivity contribution in [1.82, 2.24) is 0 Å². The van der Waals surface area contributed by atoms with Gasteiger partial charge in [0.2, 0.25) is 0 Å². The van der Waals surface area contributed by atoms with Crippen molar-refractivity contribution in [2.75, 3.05) is 5.88 Å². The first-order chi connectivity index (χ1) is 4.34. The van der Waals surface area contributed by atoms with Crippen LogP contribution in [0.3, 0.4) is 0 Å². The molecule has 1 atom stereocenters. The molecule has 0 aliphatic carbocycles. The van der Waals surface area contributed by atoms with Crippen LogP contribution in [0.2, 0.25) is 0 Å². The molecule has 0 aliphatic heterocycles. The van der Waals surface area contributed by atoms with Crippen LogP contribution in [0.1, 0.15) is 10.9 Å². The number of nitrogens with two attached hydrogens (primary N) is 1. The van der Waals surface area contributed by atoms with Crippen LogP contribution in [0, 0.1) is 0 Å². The van der Waals surface area contributed by atoms with Crippen LogP contribution >= 0.6 is 35.3 Å². The van der Waals surface area contributed by atoms with Gasteiger partial charge in [-0.3, -0.25) is 0 Å². The average molecular weight is 198 g/mol. The Balaban J connectivity index is 0.000000810. The monoisotopic (exact) mass is 197 g/mol. The molecule has 0 saturated heterocycles. The van der Waals surface area contributed by atoms with Crippen LogP contribution in [0.15, 0.2) is 17.5 Å². The summed E-state index contributed by atoms with van der Waals surface area (Å²) in [6.07, 6.45) is 0. The van der Waals surface area contributed by atoms with Gasteiger partial charge < -0.3 is 5.73 Å². The molecule has 1 heterocycles. The highest BCUT2D eigenvalue weighted by atomic mass is 35.5. The third-order valence-corrected chi connectivity index (χ3v) is 2.41. The van der Waals surface area contributed by atoms with Crippen molar-refractivity contribution < 1.29 is 0 Å². The molecule has 58 valence electrons. The maximum atomic E-state index is 5.62. The standard InChI is InChI=1S/C6H8ClNS.ClH/c7-4-5(8)6-2-1-3-9-6;/h1-3,5H,4,8H2;1H. The van der Waals surface area contributed by atoms with Gasteiger partial charge in [-0.2, -0.15) is 0 Å². The number of hydrogen-bond acceptors (Lipinski definition) is 2. The summed E-state index contributed by atoms with van der Waals surface area (Å²) >= 11 is 7.17. The van der Waals surface area contributed by atoms with E-state index in [0.717, 1.165) is 4.88 Å². The van der Waals surface area contributed by atoms with Crippen LogP contribution in [0.25, 0.3) is 0 Å². The molecule has 0 radical (unpaired) electrons. The second kappa shape index (κ2) is 4.97. The minimum atomic E-state index is 0. The fraction of sp³-hybridized carbons (Fsp3) is 0.333. The summed E-state index contributed by atoms with van der Waals surface area (Å²) in [5, 5.41) is 2.00. The van der Waals surface area contributed by atoms with Gasteiger partial charge in [-0.05, 0) is 11.4 Å². The molecule has 0 saturated carbocycles. The SMILES string of the molecule is Cl.NC(CCl)c1cccs1. The Morgan fingerprint density at radius 1 is 1.70 bits per heavy atom. The maximum Gasteiger partial charge on any atom is 0.0527 e. The molecule has 0 aliphatic rings. The fourth-order valence-corrected chi connectivity index (χ4v) is 1.57. The van der Waals surface area contributed by atoms with Gasteiger partial charge in [0.05, 0.1) is 6.04 Å². The van der Waals surface area contributed by atoms with Crippen LogP contribution in [-0.4, -0.2) is 5.88 Å². The third-order valence-electron chi connectivity index (χ3n) is 1.07. The van der Waals surface area contributed by atoms with Crippen LogP contribution in [0.5, 0.6) is 0 Å². The zero-order valence-electron chi connectivity index (χ0n) is 5.29. The van der Waals surface area contributed by atoms with E-state index in [-0.39, 0.29) is 18.4 Å². The van der Waals surface area contributed by atoms with Crippen molar-refractivity contribution in [1.29, 1.82) is 0 Å². The minimum absolute atomic E-state index is 0. The molecule has 10 heavy (non-hydrogen) atoms. The predicted octanol–water partition coefficient (Wildman–Crippen LogP) is 2.41. The number of halogens is 2. The van der Waals surface area contributed by atoms with Gasteiger partial charge >= 0.3 is 0 Å². The molecule has 0 spiro atoms. The Labute approximate surface area is 75.6 Å². The highest BCUT2D eigenvalue weighted by Crippen LogP contribution is 2.16. The van der Waals surface area contributed by atoms with E-state index in [1.165, 1.54) is 0 Å². The largest absolute Gasteiger partial charge is 0.322 e. The van der Waals surface area contributed by atoms with Crippen molar-refractivity contribution in [3.05, 3.63) is 22.4 Å². The molecule has 0 amide bonds. The number of thiophene rings is 1. The summed E-state index contributed by atoms with van der Waals surface area (Å²) < 4.78 is 0. The molecule has 0 bridgehead atoms. The van der Waals surface area contributed by atoms with E-state index in [2.05, 4.69) is 0 Å². The van der Waals surface area contributed by atoms with Gasteiger partial charge in [0.15, 0.2) is 0 Å². The van der Waals surface area contributed by atoms with E-state index in [4.69, 9.17) is 17.3 Å². The molecule has 4 heteroatoms. The first-order valence-electron chi connectivity index (χ1n) is 2.69. The lowest BCUT2D eigenvalue weighted by Gasteiger charge is -2.01. The predicted molar refractivity (Wildman–Crippen MR) is 49.2 cm³/mol. The molecular formula is C6H9Cl2NS. The lowest BCUT2D eigenvalue weighted by Crippen LogP contribution is -2.09. The fourth-order valence-electron chi connectivity index (χ4n) is 0.578. The summed E-state index contributed by atoms with van der Waals surface area (Å²) in [5.41, 5.74) is 5.62. The van der Waals surface area contributed by atoms with E-state index in [1.54, 1.807) is 11.3 Å². The zero-order valence-corrected chi connectivity index (χ0v) is 7.68. The molecular weight excluding hydrogens is 189 g/mol. The average Bonchev–Trinajstić information content (AvgIpc) is 2.37. The summed E-state index contributed by atoms with van der Waals surface area (Å²) in [7, 11) is 0. The van der Waals surface area contributed by atoms with E-state index in [0.29, 0.717) is 5.88 Å². The van der Waals surface area contributed by atoms with Crippen molar-refractivity contribution in [2.45, 2.75) is 6.04 Å². The van der Waals surface area contributed by atoms with Crippen LogP contribution in [0.4, 0.5) is 0 Å². The summed E-state index contributed by atoms with van der Waals surface area (Å²) in [5.74, 6) is 0.501. The molecule has 1 unspecified atom stereocenters. The molecule has 0 fully saturated rings. The van der Waals surface area contributed by atoms with E-state index < -0.39 is 0 Å². The first kappa shape index (κ1) is 10.2. The van der Waals surface area contributed by atoms with Gasteiger partial charge in [-0.1, -0.05) is 6.07 Å². The molecule has 0 aromatic carbocycles. The Kier molecular flexibility index (Phi) is 5.09. The van der Waals surface area contributed by atoms with E-state index >= 15 is 0 Å². The van der Waals surface area contributed by atoms with Gasteiger partial charge in [0.25, 0.3) is 0 Å². The number of alkyl halides is 1. The Bertz CT molecular complexity index is 164. The van der Waals surface area contributed by atoms with E-state index in [1.807, 2.05) is 17.5 Å². The topological polar surface area (TPSA) is 26.0 Å². The molecule has 1 aromatic rings. The third kappa shape index (κ3) is 2.46. The van der Waals surface area contributed by atoms with Gasteiger partial charge in [0.1, 0.15) is 0 Å². The molecule has 1 rings (SSSR count). The zero-order chi connectivity index (χ0) is 6.69. The highest BCUT2D eigenvalue weighted by molar-refractivity contribution is 7.10. The van der Waals surface area contributed by atoms with Gasteiger partial charge in [-0.25, -0.2) is 0 Å². The van der Waals surface area contributed by atoms with Crippen molar-refractivity contribution in [3.63, 3.8) is 0 Å². The van der Waals surface area contributed by atoms with Crippen molar-refractivity contribution >= 4 is 35.3 Å². The Morgan fingerprint density at radius 2 is 2.40 bits per heavy atom. The highest BCUT2D eigenvalue weighted by Gasteiger charge is 2.02. The first-order valence-corrected chi connectivity index (χ1v) is 4.11. The molecule has 2 N–H and O–H groups in total. The second-order valence-corrected chi connectivity index (χ2v) is 3.06. The summed E-state index contributed by atoms with van der Waals surface area (Å²) in [4.78, 5) is 1.16. The minimum Gasteiger partial charge on any atom is -0.322 e. The van der Waals surface area contributed by atoms with Crippen molar-refractivity contribution in [2.24, 2.45) is 5.73 Å². The Morgan fingerprint density at radius 3 is 2.80 bits per heavy atom. The van der Waals surface area contributed by atoms with Gasteiger partial charge in [-0.15, -0.1) is 35.3 Å². The smallest absolute Gasteiger partial charge is 0.0527 e. The lowest BCUT2D eigenvalue weighted by atomic mass is 10.3. The summed E-state index contributed by atoms with van der Waals surface area (Å²) in [6, 6.07) is 4.00. The normalized spacial score (nSPS) is 12.2.